The average Bonchev–Trinajstić information content (AvgIpc) is 2.84. The molecule has 2 heterocycles. The summed E-state index contributed by atoms with van der Waals surface area (Å²) < 4.78 is 7.12. The summed E-state index contributed by atoms with van der Waals surface area (Å²) >= 11 is 0. The standard InChI is InChI=1S/C13H18N4O/c1-11(12-3-5-14-6-4-12)16-13-15-7-8-17(13)9-10-18-2/h3-8,11H,9-10H2,1-2H3,(H,15,16). The van der Waals surface area contributed by atoms with Crippen LogP contribution in [0.25, 0.3) is 0 Å². The monoisotopic (exact) mass is 246 g/mol. The van der Waals surface area contributed by atoms with Gasteiger partial charge in [0.25, 0.3) is 0 Å². The van der Waals surface area contributed by atoms with Crippen LogP contribution < -0.4 is 5.32 Å². The van der Waals surface area contributed by atoms with Gasteiger partial charge in [0.15, 0.2) is 0 Å². The van der Waals surface area contributed by atoms with Crippen LogP contribution in [0.1, 0.15) is 18.5 Å². The van der Waals surface area contributed by atoms with Crippen molar-refractivity contribution < 1.29 is 4.74 Å². The first-order valence-electron chi connectivity index (χ1n) is 5.98. The highest BCUT2D eigenvalue weighted by Crippen LogP contribution is 2.17. The zero-order valence-electron chi connectivity index (χ0n) is 10.7. The van der Waals surface area contributed by atoms with E-state index >= 15 is 0 Å². The minimum atomic E-state index is 0.191. The highest BCUT2D eigenvalue weighted by molar-refractivity contribution is 5.31. The van der Waals surface area contributed by atoms with Crippen molar-refractivity contribution in [2.75, 3.05) is 19.0 Å². The Morgan fingerprint density at radius 3 is 2.83 bits per heavy atom. The summed E-state index contributed by atoms with van der Waals surface area (Å²) in [5.74, 6) is 0.858. The zero-order chi connectivity index (χ0) is 12.8. The first kappa shape index (κ1) is 12.6. The molecule has 0 fully saturated rings. The third-order valence-electron chi connectivity index (χ3n) is 2.80. The number of nitrogens with one attached hydrogen (secondary N) is 1. The molecule has 0 aliphatic rings. The van der Waals surface area contributed by atoms with Gasteiger partial charge in [0.1, 0.15) is 0 Å². The predicted octanol–water partition coefficient (Wildman–Crippen LogP) is 2.10. The molecule has 2 rings (SSSR count). The Balaban J connectivity index is 2.03. The minimum absolute atomic E-state index is 0.191. The zero-order valence-corrected chi connectivity index (χ0v) is 10.7. The van der Waals surface area contributed by atoms with Gasteiger partial charge in [-0.2, -0.15) is 0 Å². The molecule has 0 aromatic carbocycles. The number of rotatable bonds is 6. The Hall–Kier alpha value is -1.88. The van der Waals surface area contributed by atoms with Gasteiger partial charge in [-0.3, -0.25) is 4.98 Å². The normalized spacial score (nSPS) is 12.3. The van der Waals surface area contributed by atoms with E-state index in [9.17, 15) is 0 Å². The molecule has 96 valence electrons. The van der Waals surface area contributed by atoms with Crippen molar-refractivity contribution in [3.63, 3.8) is 0 Å². The lowest BCUT2D eigenvalue weighted by molar-refractivity contribution is 0.187. The molecule has 1 unspecified atom stereocenters. The van der Waals surface area contributed by atoms with Crippen molar-refractivity contribution in [2.24, 2.45) is 0 Å². The maximum absolute atomic E-state index is 5.08. The van der Waals surface area contributed by atoms with Crippen molar-refractivity contribution in [3.05, 3.63) is 42.5 Å². The number of anilines is 1. The molecule has 5 heteroatoms. The average molecular weight is 246 g/mol. The number of pyridine rings is 1. The fourth-order valence-corrected chi connectivity index (χ4v) is 1.75. The van der Waals surface area contributed by atoms with E-state index in [0.29, 0.717) is 6.61 Å². The van der Waals surface area contributed by atoms with Crippen molar-refractivity contribution in [1.82, 2.24) is 14.5 Å². The molecule has 2 aromatic heterocycles. The fraction of sp³-hybridized carbons (Fsp3) is 0.385. The fourth-order valence-electron chi connectivity index (χ4n) is 1.75. The van der Waals surface area contributed by atoms with Crippen LogP contribution in [0.4, 0.5) is 5.95 Å². The first-order valence-corrected chi connectivity index (χ1v) is 5.98. The van der Waals surface area contributed by atoms with Crippen LogP contribution in [0.5, 0.6) is 0 Å². The van der Waals surface area contributed by atoms with Gasteiger partial charge in [0, 0.05) is 38.4 Å². The van der Waals surface area contributed by atoms with E-state index in [1.54, 1.807) is 25.7 Å². The second-order valence-electron chi connectivity index (χ2n) is 4.08. The molecule has 0 radical (unpaired) electrons. The predicted molar refractivity (Wildman–Crippen MR) is 70.4 cm³/mol. The van der Waals surface area contributed by atoms with Gasteiger partial charge >= 0.3 is 0 Å². The third kappa shape index (κ3) is 3.07. The van der Waals surface area contributed by atoms with Crippen LogP contribution in [-0.4, -0.2) is 28.3 Å². The molecular weight excluding hydrogens is 228 g/mol. The number of hydrogen-bond donors (Lipinski definition) is 1. The number of methoxy groups -OCH3 is 1. The SMILES string of the molecule is COCCn1ccnc1NC(C)c1ccncc1. The van der Waals surface area contributed by atoms with Crippen molar-refractivity contribution >= 4 is 5.95 Å². The largest absolute Gasteiger partial charge is 0.383 e. The minimum Gasteiger partial charge on any atom is -0.383 e. The summed E-state index contributed by atoms with van der Waals surface area (Å²) in [6, 6.07) is 4.19. The Kier molecular flexibility index (Phi) is 4.30. The summed E-state index contributed by atoms with van der Waals surface area (Å²) in [6.07, 6.45) is 7.33. The first-order chi connectivity index (χ1) is 8.81. The van der Waals surface area contributed by atoms with E-state index in [0.717, 1.165) is 12.5 Å². The topological polar surface area (TPSA) is 52.0 Å². The van der Waals surface area contributed by atoms with Gasteiger partial charge in [0.05, 0.1) is 12.6 Å². The summed E-state index contributed by atoms with van der Waals surface area (Å²) in [4.78, 5) is 8.33. The second-order valence-corrected chi connectivity index (χ2v) is 4.08. The molecule has 0 aliphatic heterocycles. The molecule has 0 saturated carbocycles. The summed E-state index contributed by atoms with van der Waals surface area (Å²) in [7, 11) is 1.70. The number of ether oxygens (including phenoxy) is 1. The Morgan fingerprint density at radius 1 is 1.33 bits per heavy atom. The molecule has 0 saturated heterocycles. The molecule has 1 atom stereocenters. The molecule has 18 heavy (non-hydrogen) atoms. The van der Waals surface area contributed by atoms with Crippen molar-refractivity contribution in [1.29, 1.82) is 0 Å². The number of nitrogens with zero attached hydrogens (tertiary/aromatic N) is 3. The van der Waals surface area contributed by atoms with Crippen LogP contribution in [-0.2, 0) is 11.3 Å². The summed E-state index contributed by atoms with van der Waals surface area (Å²) in [5.41, 5.74) is 1.19. The van der Waals surface area contributed by atoms with E-state index in [1.807, 2.05) is 22.9 Å². The van der Waals surface area contributed by atoms with Crippen LogP contribution in [0.2, 0.25) is 0 Å². The summed E-state index contributed by atoms with van der Waals surface area (Å²) in [6.45, 7) is 3.57. The van der Waals surface area contributed by atoms with E-state index in [-0.39, 0.29) is 6.04 Å². The molecule has 0 spiro atoms. The van der Waals surface area contributed by atoms with E-state index in [2.05, 4.69) is 22.2 Å². The van der Waals surface area contributed by atoms with Crippen molar-refractivity contribution in [3.8, 4) is 0 Å². The number of aromatic nitrogens is 3. The molecular formula is C13H18N4O. The lowest BCUT2D eigenvalue weighted by atomic mass is 10.1. The Bertz CT molecular complexity index is 469. The summed E-state index contributed by atoms with van der Waals surface area (Å²) in [5, 5.41) is 3.38. The maximum atomic E-state index is 5.08. The molecule has 0 bridgehead atoms. The maximum Gasteiger partial charge on any atom is 0.203 e. The lowest BCUT2D eigenvalue weighted by Gasteiger charge is -2.16. The molecule has 1 N–H and O–H groups in total. The van der Waals surface area contributed by atoms with Gasteiger partial charge in [-0.25, -0.2) is 4.98 Å². The van der Waals surface area contributed by atoms with Gasteiger partial charge in [0.2, 0.25) is 5.95 Å². The number of imidazole rings is 1. The number of hydrogen-bond acceptors (Lipinski definition) is 4. The molecule has 2 aromatic rings. The Labute approximate surface area is 107 Å². The molecule has 5 nitrogen and oxygen atoms in total. The van der Waals surface area contributed by atoms with Crippen LogP contribution in [0.15, 0.2) is 36.9 Å². The van der Waals surface area contributed by atoms with E-state index in [4.69, 9.17) is 4.74 Å². The second kappa shape index (κ2) is 6.16. The molecule has 0 amide bonds. The quantitative estimate of drug-likeness (QED) is 0.848. The highest BCUT2D eigenvalue weighted by Gasteiger charge is 2.08. The van der Waals surface area contributed by atoms with Gasteiger partial charge in [-0.15, -0.1) is 0 Å². The van der Waals surface area contributed by atoms with Crippen LogP contribution in [0.3, 0.4) is 0 Å². The highest BCUT2D eigenvalue weighted by atomic mass is 16.5. The van der Waals surface area contributed by atoms with Gasteiger partial charge in [-0.1, -0.05) is 0 Å². The lowest BCUT2D eigenvalue weighted by Crippen LogP contribution is -2.13. The van der Waals surface area contributed by atoms with Gasteiger partial charge in [-0.05, 0) is 24.6 Å². The van der Waals surface area contributed by atoms with E-state index < -0.39 is 0 Å². The van der Waals surface area contributed by atoms with Crippen molar-refractivity contribution in [2.45, 2.75) is 19.5 Å². The van der Waals surface area contributed by atoms with Crippen LogP contribution in [0, 0.1) is 0 Å². The third-order valence-corrected chi connectivity index (χ3v) is 2.80. The smallest absolute Gasteiger partial charge is 0.203 e. The van der Waals surface area contributed by atoms with Gasteiger partial charge < -0.3 is 14.6 Å². The van der Waals surface area contributed by atoms with E-state index in [1.165, 1.54) is 5.56 Å². The van der Waals surface area contributed by atoms with Crippen LogP contribution >= 0.6 is 0 Å². The molecule has 0 aliphatic carbocycles. The Morgan fingerprint density at radius 2 is 2.11 bits per heavy atom.